The Bertz CT molecular complexity index is 364. The number of carbonyl (C=O) groups is 1. The van der Waals surface area contributed by atoms with Crippen molar-refractivity contribution in [3.05, 3.63) is 23.9 Å². The second-order valence-corrected chi connectivity index (χ2v) is 3.03. The molecule has 0 atom stereocenters. The predicted octanol–water partition coefficient (Wildman–Crippen LogP) is 1.01. The van der Waals surface area contributed by atoms with Crippen LogP contribution in [0.15, 0.2) is 18.3 Å². The number of carbonyl (C=O) groups excluding carboxylic acids is 1. The van der Waals surface area contributed by atoms with Crippen molar-refractivity contribution in [2.75, 3.05) is 11.9 Å². The van der Waals surface area contributed by atoms with Crippen LogP contribution in [0.3, 0.4) is 0 Å². The van der Waals surface area contributed by atoms with Crippen molar-refractivity contribution >= 4 is 11.7 Å². The lowest BCUT2D eigenvalue weighted by Crippen LogP contribution is -2.11. The molecule has 0 aliphatic rings. The second kappa shape index (κ2) is 5.66. The average molecular weight is 203 g/mol. The Labute approximate surface area is 88.9 Å². The van der Waals surface area contributed by atoms with E-state index in [2.05, 4.69) is 16.2 Å². The third-order valence-corrected chi connectivity index (χ3v) is 1.85. The quantitative estimate of drug-likeness (QED) is 0.554. The van der Waals surface area contributed by atoms with Gasteiger partial charge in [-0.3, -0.25) is 4.79 Å². The van der Waals surface area contributed by atoms with Crippen LogP contribution in [-0.4, -0.2) is 17.4 Å². The molecule has 4 heteroatoms. The van der Waals surface area contributed by atoms with Gasteiger partial charge in [0, 0.05) is 19.2 Å². The summed E-state index contributed by atoms with van der Waals surface area (Å²) in [6.45, 7) is 0.771. The zero-order chi connectivity index (χ0) is 11.1. The standard InChI is InChI=1S/C11H13N3O/c1-2-3-4-7-13-10-6-5-9(8-14-10)11(12)15/h1,5-6,8H,3-4,7H2,(H2,12,15)(H,13,14). The molecule has 0 spiro atoms. The van der Waals surface area contributed by atoms with E-state index in [0.29, 0.717) is 5.56 Å². The zero-order valence-electron chi connectivity index (χ0n) is 8.36. The molecule has 0 radical (unpaired) electrons. The van der Waals surface area contributed by atoms with Crippen LogP contribution in [0.25, 0.3) is 0 Å². The van der Waals surface area contributed by atoms with Crippen molar-refractivity contribution < 1.29 is 4.79 Å². The van der Waals surface area contributed by atoms with Crippen molar-refractivity contribution in [2.45, 2.75) is 12.8 Å². The number of primary amides is 1. The molecule has 1 amide bonds. The average Bonchev–Trinajstić information content (AvgIpc) is 2.25. The number of hydrogen-bond acceptors (Lipinski definition) is 3. The Balaban J connectivity index is 2.43. The number of rotatable bonds is 5. The number of aromatic nitrogens is 1. The number of amides is 1. The van der Waals surface area contributed by atoms with Crippen LogP contribution in [0.4, 0.5) is 5.82 Å². The Kier molecular flexibility index (Phi) is 4.17. The van der Waals surface area contributed by atoms with Gasteiger partial charge in [-0.1, -0.05) is 0 Å². The van der Waals surface area contributed by atoms with Gasteiger partial charge in [-0.25, -0.2) is 4.98 Å². The minimum Gasteiger partial charge on any atom is -0.370 e. The molecule has 1 rings (SSSR count). The van der Waals surface area contributed by atoms with Crippen LogP contribution in [-0.2, 0) is 0 Å². The van der Waals surface area contributed by atoms with E-state index in [-0.39, 0.29) is 0 Å². The van der Waals surface area contributed by atoms with E-state index in [1.54, 1.807) is 12.1 Å². The molecule has 1 aromatic heterocycles. The second-order valence-electron chi connectivity index (χ2n) is 3.03. The first-order chi connectivity index (χ1) is 7.24. The fourth-order valence-corrected chi connectivity index (χ4v) is 1.05. The van der Waals surface area contributed by atoms with Crippen molar-refractivity contribution in [3.8, 4) is 12.3 Å². The Hall–Kier alpha value is -2.02. The SMILES string of the molecule is C#CCCCNc1ccc(C(N)=O)cn1. The molecule has 0 aliphatic heterocycles. The van der Waals surface area contributed by atoms with Crippen LogP contribution in [0.2, 0.25) is 0 Å². The summed E-state index contributed by atoms with van der Waals surface area (Å²) in [6.07, 6.45) is 8.21. The molecule has 0 unspecified atom stereocenters. The zero-order valence-corrected chi connectivity index (χ0v) is 8.36. The van der Waals surface area contributed by atoms with Crippen LogP contribution >= 0.6 is 0 Å². The number of nitrogens with two attached hydrogens (primary N) is 1. The largest absolute Gasteiger partial charge is 0.370 e. The molecular weight excluding hydrogens is 190 g/mol. The van der Waals surface area contributed by atoms with Gasteiger partial charge in [0.25, 0.3) is 0 Å². The van der Waals surface area contributed by atoms with E-state index >= 15 is 0 Å². The van der Waals surface area contributed by atoms with Gasteiger partial charge in [0.1, 0.15) is 5.82 Å². The molecule has 0 saturated heterocycles. The summed E-state index contributed by atoms with van der Waals surface area (Å²) in [5.41, 5.74) is 5.49. The van der Waals surface area contributed by atoms with Gasteiger partial charge in [0.2, 0.25) is 5.91 Å². The lowest BCUT2D eigenvalue weighted by Gasteiger charge is -2.03. The van der Waals surface area contributed by atoms with Crippen LogP contribution in [0, 0.1) is 12.3 Å². The number of nitrogens with one attached hydrogen (secondary N) is 1. The third-order valence-electron chi connectivity index (χ3n) is 1.85. The summed E-state index contributed by atoms with van der Waals surface area (Å²) in [7, 11) is 0. The summed E-state index contributed by atoms with van der Waals surface area (Å²) in [5.74, 6) is 2.80. The van der Waals surface area contributed by atoms with E-state index in [4.69, 9.17) is 12.2 Å². The molecule has 0 saturated carbocycles. The first-order valence-corrected chi connectivity index (χ1v) is 4.67. The monoisotopic (exact) mass is 203 g/mol. The maximum absolute atomic E-state index is 10.8. The first-order valence-electron chi connectivity index (χ1n) is 4.67. The number of nitrogens with zero attached hydrogens (tertiary/aromatic N) is 1. The predicted molar refractivity (Wildman–Crippen MR) is 59.3 cm³/mol. The maximum Gasteiger partial charge on any atom is 0.250 e. The van der Waals surface area contributed by atoms with Crippen LogP contribution in [0.1, 0.15) is 23.2 Å². The van der Waals surface area contributed by atoms with E-state index < -0.39 is 5.91 Å². The highest BCUT2D eigenvalue weighted by molar-refractivity contribution is 5.92. The normalized spacial score (nSPS) is 9.27. The lowest BCUT2D eigenvalue weighted by atomic mass is 10.2. The molecule has 1 heterocycles. The van der Waals surface area contributed by atoms with Gasteiger partial charge >= 0.3 is 0 Å². The van der Waals surface area contributed by atoms with Gasteiger partial charge < -0.3 is 11.1 Å². The van der Waals surface area contributed by atoms with E-state index in [9.17, 15) is 4.79 Å². The summed E-state index contributed by atoms with van der Waals surface area (Å²) in [6, 6.07) is 3.36. The van der Waals surface area contributed by atoms with E-state index in [1.165, 1.54) is 6.20 Å². The highest BCUT2D eigenvalue weighted by Gasteiger charge is 1.99. The van der Waals surface area contributed by atoms with Gasteiger partial charge in [0.15, 0.2) is 0 Å². The molecule has 3 N–H and O–H groups in total. The highest BCUT2D eigenvalue weighted by Crippen LogP contribution is 2.04. The summed E-state index contributed by atoms with van der Waals surface area (Å²) in [5, 5.41) is 3.09. The van der Waals surface area contributed by atoms with Gasteiger partial charge in [0.05, 0.1) is 5.56 Å². The summed E-state index contributed by atoms with van der Waals surface area (Å²) in [4.78, 5) is 14.8. The molecule has 0 fully saturated rings. The minimum absolute atomic E-state index is 0.407. The van der Waals surface area contributed by atoms with Crippen LogP contribution in [0.5, 0.6) is 0 Å². The fourth-order valence-electron chi connectivity index (χ4n) is 1.05. The molecule has 0 aromatic carbocycles. The Morgan fingerprint density at radius 3 is 2.93 bits per heavy atom. The molecule has 78 valence electrons. The topological polar surface area (TPSA) is 68.0 Å². The first kappa shape index (κ1) is 11.1. The molecule has 4 nitrogen and oxygen atoms in total. The summed E-state index contributed by atoms with van der Waals surface area (Å²) < 4.78 is 0. The molecular formula is C11H13N3O. The Morgan fingerprint density at radius 1 is 1.60 bits per heavy atom. The number of anilines is 1. The molecule has 0 bridgehead atoms. The number of hydrogen-bond donors (Lipinski definition) is 2. The smallest absolute Gasteiger partial charge is 0.250 e. The minimum atomic E-state index is -0.471. The van der Waals surface area contributed by atoms with Gasteiger partial charge in [-0.15, -0.1) is 12.3 Å². The van der Waals surface area contributed by atoms with Crippen molar-refractivity contribution in [1.82, 2.24) is 4.98 Å². The van der Waals surface area contributed by atoms with Gasteiger partial charge in [-0.05, 0) is 18.6 Å². The fraction of sp³-hybridized carbons (Fsp3) is 0.273. The van der Waals surface area contributed by atoms with E-state index in [1.807, 2.05) is 0 Å². The molecule has 0 aliphatic carbocycles. The molecule has 1 aromatic rings. The maximum atomic E-state index is 10.8. The van der Waals surface area contributed by atoms with Crippen molar-refractivity contribution in [2.24, 2.45) is 5.73 Å². The van der Waals surface area contributed by atoms with Gasteiger partial charge in [-0.2, -0.15) is 0 Å². The van der Waals surface area contributed by atoms with Crippen molar-refractivity contribution in [3.63, 3.8) is 0 Å². The third kappa shape index (κ3) is 3.69. The highest BCUT2D eigenvalue weighted by atomic mass is 16.1. The number of terminal acetylenes is 1. The molecule has 15 heavy (non-hydrogen) atoms. The number of unbranched alkanes of at least 4 members (excludes halogenated alkanes) is 1. The van der Waals surface area contributed by atoms with Crippen LogP contribution < -0.4 is 11.1 Å². The summed E-state index contributed by atoms with van der Waals surface area (Å²) >= 11 is 0. The van der Waals surface area contributed by atoms with Crippen molar-refractivity contribution in [1.29, 1.82) is 0 Å². The van der Waals surface area contributed by atoms with E-state index in [0.717, 1.165) is 25.2 Å². The Morgan fingerprint density at radius 2 is 2.40 bits per heavy atom. The lowest BCUT2D eigenvalue weighted by molar-refractivity contribution is 0.1000. The number of pyridine rings is 1.